The lowest BCUT2D eigenvalue weighted by Crippen LogP contribution is -2.18. The van der Waals surface area contributed by atoms with Gasteiger partial charge >= 0.3 is 0 Å². The van der Waals surface area contributed by atoms with Gasteiger partial charge in [-0.1, -0.05) is 13.0 Å². The lowest BCUT2D eigenvalue weighted by atomic mass is 10.2. The van der Waals surface area contributed by atoms with Crippen molar-refractivity contribution in [2.45, 2.75) is 13.3 Å². The van der Waals surface area contributed by atoms with Gasteiger partial charge in [-0.3, -0.25) is 4.79 Å². The highest BCUT2D eigenvalue weighted by Gasteiger charge is 2.05. The minimum absolute atomic E-state index is 0.206. The largest absolute Gasteiger partial charge is 0.378 e. The number of nitrogens with zero attached hydrogens (tertiary/aromatic N) is 2. The van der Waals surface area contributed by atoms with Gasteiger partial charge in [-0.15, -0.1) is 11.3 Å². The van der Waals surface area contributed by atoms with Crippen molar-refractivity contribution in [2.75, 3.05) is 19.0 Å². The van der Waals surface area contributed by atoms with Gasteiger partial charge in [0.2, 0.25) is 0 Å². The summed E-state index contributed by atoms with van der Waals surface area (Å²) in [6.07, 6.45) is 2.69. The molecule has 0 aliphatic rings. The van der Waals surface area contributed by atoms with Gasteiger partial charge in [0.1, 0.15) is 0 Å². The molecule has 110 valence electrons. The number of rotatable bonds is 5. The fraction of sp³-hybridized carbons (Fsp3) is 0.250. The average Bonchev–Trinajstić information content (AvgIpc) is 2.95. The molecule has 2 aromatic rings. The van der Waals surface area contributed by atoms with Crippen molar-refractivity contribution in [1.82, 2.24) is 5.43 Å². The van der Waals surface area contributed by atoms with Crippen LogP contribution in [-0.4, -0.2) is 26.2 Å². The van der Waals surface area contributed by atoms with Crippen LogP contribution in [0.4, 0.5) is 5.69 Å². The van der Waals surface area contributed by atoms with Crippen LogP contribution in [-0.2, 0) is 6.42 Å². The summed E-state index contributed by atoms with van der Waals surface area (Å²) in [6.45, 7) is 2.12. The molecule has 1 aromatic heterocycles. The quantitative estimate of drug-likeness (QED) is 0.681. The van der Waals surface area contributed by atoms with Crippen LogP contribution < -0.4 is 10.3 Å². The van der Waals surface area contributed by atoms with Crippen molar-refractivity contribution in [1.29, 1.82) is 0 Å². The molecule has 0 atom stereocenters. The smallest absolute Gasteiger partial charge is 0.271 e. The number of thiophene rings is 1. The molecule has 0 saturated carbocycles. The average molecular weight is 301 g/mol. The van der Waals surface area contributed by atoms with Gasteiger partial charge in [-0.05, 0) is 36.8 Å². The van der Waals surface area contributed by atoms with Crippen molar-refractivity contribution in [3.63, 3.8) is 0 Å². The number of amides is 1. The molecule has 0 unspecified atom stereocenters. The normalized spacial score (nSPS) is 10.8. The molecular weight excluding hydrogens is 282 g/mol. The number of hydrazone groups is 1. The molecule has 0 aliphatic carbocycles. The highest BCUT2D eigenvalue weighted by molar-refractivity contribution is 7.13. The number of benzene rings is 1. The number of carbonyl (C=O) groups excluding carboxylic acids is 1. The summed E-state index contributed by atoms with van der Waals surface area (Å²) in [7, 11) is 3.88. The fourth-order valence-electron chi connectivity index (χ4n) is 1.80. The van der Waals surface area contributed by atoms with E-state index in [1.165, 1.54) is 4.88 Å². The number of carbonyl (C=O) groups is 1. The first-order valence-electron chi connectivity index (χ1n) is 6.79. The molecule has 0 bridgehead atoms. The third-order valence-corrected chi connectivity index (χ3v) is 4.18. The minimum atomic E-state index is -0.206. The topological polar surface area (TPSA) is 44.7 Å². The Morgan fingerprint density at radius 2 is 2.14 bits per heavy atom. The number of hydrogen-bond donors (Lipinski definition) is 1. The van der Waals surface area contributed by atoms with Crippen molar-refractivity contribution >= 4 is 29.1 Å². The van der Waals surface area contributed by atoms with Gasteiger partial charge in [0, 0.05) is 35.1 Å². The van der Waals surface area contributed by atoms with Gasteiger partial charge in [0.05, 0.1) is 6.21 Å². The maximum atomic E-state index is 12.0. The molecule has 0 saturated heterocycles. The molecule has 2 rings (SSSR count). The van der Waals surface area contributed by atoms with E-state index in [4.69, 9.17) is 0 Å². The Labute approximate surface area is 129 Å². The third kappa shape index (κ3) is 4.16. The molecule has 21 heavy (non-hydrogen) atoms. The molecule has 1 aromatic carbocycles. The fourth-order valence-corrected chi connectivity index (χ4v) is 2.62. The number of anilines is 1. The zero-order valence-corrected chi connectivity index (χ0v) is 13.3. The van der Waals surface area contributed by atoms with E-state index >= 15 is 0 Å². The van der Waals surface area contributed by atoms with Crippen LogP contribution in [0, 0.1) is 0 Å². The molecule has 0 aliphatic heterocycles. The Kier molecular flexibility index (Phi) is 5.11. The zero-order chi connectivity index (χ0) is 15.2. The first kappa shape index (κ1) is 15.3. The van der Waals surface area contributed by atoms with E-state index < -0.39 is 0 Å². The maximum Gasteiger partial charge on any atom is 0.271 e. The van der Waals surface area contributed by atoms with Gasteiger partial charge in [-0.2, -0.15) is 5.10 Å². The Balaban J connectivity index is 1.99. The maximum absolute atomic E-state index is 12.0. The Hall–Kier alpha value is -2.14. The molecule has 1 N–H and O–H groups in total. The van der Waals surface area contributed by atoms with Crippen LogP contribution in [0.25, 0.3) is 0 Å². The van der Waals surface area contributed by atoms with Gasteiger partial charge in [0.25, 0.3) is 5.91 Å². The van der Waals surface area contributed by atoms with Crippen molar-refractivity contribution in [2.24, 2.45) is 5.10 Å². The number of aryl methyl sites for hydroxylation is 1. The molecule has 1 heterocycles. The third-order valence-electron chi connectivity index (χ3n) is 3.01. The van der Waals surface area contributed by atoms with Crippen LogP contribution in [0.15, 0.2) is 41.5 Å². The predicted molar refractivity (Wildman–Crippen MR) is 89.5 cm³/mol. The molecular formula is C16H19N3OS. The SMILES string of the molecule is CCc1ccc(/C=N/NC(=O)c2cccc(N(C)C)c2)s1. The number of nitrogens with one attached hydrogen (secondary N) is 1. The lowest BCUT2D eigenvalue weighted by molar-refractivity contribution is 0.0955. The first-order valence-corrected chi connectivity index (χ1v) is 7.61. The standard InChI is InChI=1S/C16H19N3OS/c1-4-14-8-9-15(21-14)11-17-18-16(20)12-6-5-7-13(10-12)19(2)3/h5-11H,4H2,1-3H3,(H,18,20)/b17-11+. The van der Waals surface area contributed by atoms with Crippen LogP contribution in [0.5, 0.6) is 0 Å². The monoisotopic (exact) mass is 301 g/mol. The summed E-state index contributed by atoms with van der Waals surface area (Å²) in [5.41, 5.74) is 4.14. The molecule has 0 radical (unpaired) electrons. The second-order valence-electron chi connectivity index (χ2n) is 4.80. The highest BCUT2D eigenvalue weighted by Crippen LogP contribution is 2.15. The molecule has 0 spiro atoms. The Morgan fingerprint density at radius 1 is 1.33 bits per heavy atom. The van der Waals surface area contributed by atoms with Gasteiger partial charge in [-0.25, -0.2) is 5.43 Å². The number of hydrogen-bond acceptors (Lipinski definition) is 4. The lowest BCUT2D eigenvalue weighted by Gasteiger charge is -2.12. The van der Waals surface area contributed by atoms with Crippen LogP contribution in [0.3, 0.4) is 0 Å². The second-order valence-corrected chi connectivity index (χ2v) is 6.00. The second kappa shape index (κ2) is 7.04. The van der Waals surface area contributed by atoms with Gasteiger partial charge < -0.3 is 4.90 Å². The minimum Gasteiger partial charge on any atom is -0.378 e. The van der Waals surface area contributed by atoms with E-state index in [1.54, 1.807) is 23.6 Å². The van der Waals surface area contributed by atoms with Crippen LogP contribution in [0.1, 0.15) is 27.0 Å². The van der Waals surface area contributed by atoms with E-state index in [-0.39, 0.29) is 5.91 Å². The van der Waals surface area contributed by atoms with E-state index in [2.05, 4.69) is 23.5 Å². The van der Waals surface area contributed by atoms with E-state index in [0.29, 0.717) is 5.56 Å². The molecule has 5 heteroatoms. The first-order chi connectivity index (χ1) is 10.1. The summed E-state index contributed by atoms with van der Waals surface area (Å²) in [4.78, 5) is 16.3. The van der Waals surface area contributed by atoms with Crippen molar-refractivity contribution in [3.8, 4) is 0 Å². The summed E-state index contributed by atoms with van der Waals surface area (Å²) >= 11 is 1.68. The van der Waals surface area contributed by atoms with Crippen LogP contribution >= 0.6 is 11.3 Å². The zero-order valence-electron chi connectivity index (χ0n) is 12.5. The molecule has 1 amide bonds. The Morgan fingerprint density at radius 3 is 2.81 bits per heavy atom. The van der Waals surface area contributed by atoms with E-state index in [1.807, 2.05) is 43.3 Å². The molecule has 0 fully saturated rings. The van der Waals surface area contributed by atoms with Crippen molar-refractivity contribution < 1.29 is 4.79 Å². The predicted octanol–water partition coefficient (Wildman–Crippen LogP) is 3.14. The summed E-state index contributed by atoms with van der Waals surface area (Å²) in [6, 6.07) is 11.5. The summed E-state index contributed by atoms with van der Waals surface area (Å²) in [5.74, 6) is -0.206. The van der Waals surface area contributed by atoms with E-state index in [9.17, 15) is 4.79 Å². The van der Waals surface area contributed by atoms with Crippen LogP contribution in [0.2, 0.25) is 0 Å². The van der Waals surface area contributed by atoms with Crippen molar-refractivity contribution in [3.05, 3.63) is 51.7 Å². The summed E-state index contributed by atoms with van der Waals surface area (Å²) in [5, 5.41) is 4.01. The van der Waals surface area contributed by atoms with Gasteiger partial charge in [0.15, 0.2) is 0 Å². The van der Waals surface area contributed by atoms with E-state index in [0.717, 1.165) is 17.0 Å². The summed E-state index contributed by atoms with van der Waals surface area (Å²) < 4.78 is 0. The highest BCUT2D eigenvalue weighted by atomic mass is 32.1. The molecule has 4 nitrogen and oxygen atoms in total. The Bertz CT molecular complexity index is 646.